The second kappa shape index (κ2) is 5.42. The molecule has 3 N–H and O–H groups in total. The number of aryl methyl sites for hydroxylation is 1. The van der Waals surface area contributed by atoms with Crippen LogP contribution in [0, 0.1) is 11.8 Å². The van der Waals surface area contributed by atoms with Crippen LogP contribution in [0.5, 0.6) is 0 Å². The zero-order valence-electron chi connectivity index (χ0n) is 11.1. The lowest BCUT2D eigenvalue weighted by Gasteiger charge is -2.12. The number of nitrogens with zero attached hydrogens (tertiary/aromatic N) is 2. The molecule has 0 spiro atoms. The van der Waals surface area contributed by atoms with E-state index in [9.17, 15) is 4.79 Å². The van der Waals surface area contributed by atoms with Crippen LogP contribution in [0.3, 0.4) is 0 Å². The highest BCUT2D eigenvalue weighted by Gasteiger charge is 2.23. The molecule has 1 aromatic rings. The minimum Gasteiger partial charge on any atom is -0.396 e. The summed E-state index contributed by atoms with van der Waals surface area (Å²) in [5, 5.41) is 7.06. The van der Waals surface area contributed by atoms with Gasteiger partial charge in [0, 0.05) is 13.1 Å². The first-order chi connectivity index (χ1) is 8.61. The fourth-order valence-electron chi connectivity index (χ4n) is 2.72. The third-order valence-corrected chi connectivity index (χ3v) is 3.74. The van der Waals surface area contributed by atoms with Crippen molar-refractivity contribution in [3.8, 4) is 0 Å². The maximum Gasteiger partial charge on any atom is 0.271 e. The van der Waals surface area contributed by atoms with Crippen LogP contribution < -0.4 is 11.1 Å². The number of hydrogen-bond acceptors (Lipinski definition) is 3. The molecule has 2 unspecified atom stereocenters. The third-order valence-electron chi connectivity index (χ3n) is 3.74. The van der Waals surface area contributed by atoms with Crippen LogP contribution in [0.15, 0.2) is 6.20 Å². The minimum atomic E-state index is -0.105. The van der Waals surface area contributed by atoms with E-state index in [2.05, 4.69) is 17.3 Å². The molecule has 1 aliphatic carbocycles. The Kier molecular flexibility index (Phi) is 3.89. The number of carbonyl (C=O) groups excluding carboxylic acids is 1. The van der Waals surface area contributed by atoms with Crippen molar-refractivity contribution in [3.63, 3.8) is 0 Å². The van der Waals surface area contributed by atoms with Crippen LogP contribution in [0.2, 0.25) is 0 Å². The van der Waals surface area contributed by atoms with Gasteiger partial charge in [-0.25, -0.2) is 0 Å². The van der Waals surface area contributed by atoms with Crippen LogP contribution in [-0.4, -0.2) is 22.2 Å². The van der Waals surface area contributed by atoms with Crippen molar-refractivity contribution in [1.29, 1.82) is 0 Å². The van der Waals surface area contributed by atoms with Gasteiger partial charge in [0.25, 0.3) is 5.91 Å². The summed E-state index contributed by atoms with van der Waals surface area (Å²) in [5.41, 5.74) is 6.72. The van der Waals surface area contributed by atoms with Crippen molar-refractivity contribution < 1.29 is 4.79 Å². The lowest BCUT2D eigenvalue weighted by molar-refractivity contribution is 0.0937. The van der Waals surface area contributed by atoms with Gasteiger partial charge >= 0.3 is 0 Å². The van der Waals surface area contributed by atoms with Gasteiger partial charge in [-0.1, -0.05) is 13.3 Å². The van der Waals surface area contributed by atoms with Gasteiger partial charge < -0.3 is 11.1 Å². The Bertz CT molecular complexity index is 427. The van der Waals surface area contributed by atoms with Crippen LogP contribution in [0.25, 0.3) is 0 Å². The number of nitrogens with one attached hydrogen (secondary N) is 1. The standard InChI is InChI=1S/C13H22N4O/c1-3-17-12(11(14)8-16-17)13(18)15-7-10-5-4-9(2)6-10/h8-10H,3-7,14H2,1-2H3,(H,15,18). The quantitative estimate of drug-likeness (QED) is 0.853. The summed E-state index contributed by atoms with van der Waals surface area (Å²) in [6, 6.07) is 0. The Labute approximate surface area is 108 Å². The molecule has 1 saturated carbocycles. The predicted molar refractivity (Wildman–Crippen MR) is 71.2 cm³/mol. The Balaban J connectivity index is 1.93. The number of rotatable bonds is 4. The summed E-state index contributed by atoms with van der Waals surface area (Å²) in [6.45, 7) is 5.62. The maximum absolute atomic E-state index is 12.1. The Morgan fingerprint density at radius 1 is 1.61 bits per heavy atom. The number of nitrogen functional groups attached to an aromatic ring is 1. The summed E-state index contributed by atoms with van der Waals surface area (Å²) < 4.78 is 1.64. The first-order valence-electron chi connectivity index (χ1n) is 6.71. The van der Waals surface area contributed by atoms with E-state index in [1.165, 1.54) is 25.5 Å². The molecule has 1 heterocycles. The maximum atomic E-state index is 12.1. The van der Waals surface area contributed by atoms with E-state index >= 15 is 0 Å². The lowest BCUT2D eigenvalue weighted by Crippen LogP contribution is -2.31. The predicted octanol–water partition coefficient (Wildman–Crippen LogP) is 1.65. The molecular formula is C13H22N4O. The van der Waals surface area contributed by atoms with Gasteiger partial charge in [-0.05, 0) is 31.6 Å². The van der Waals surface area contributed by atoms with Crippen LogP contribution in [0.1, 0.15) is 43.6 Å². The molecule has 5 nitrogen and oxygen atoms in total. The highest BCUT2D eigenvalue weighted by atomic mass is 16.2. The smallest absolute Gasteiger partial charge is 0.271 e. The average Bonchev–Trinajstić information content (AvgIpc) is 2.92. The molecular weight excluding hydrogens is 228 g/mol. The number of amides is 1. The number of aromatic nitrogens is 2. The monoisotopic (exact) mass is 250 g/mol. The van der Waals surface area contributed by atoms with E-state index in [1.807, 2.05) is 6.92 Å². The fourth-order valence-corrected chi connectivity index (χ4v) is 2.72. The summed E-state index contributed by atoms with van der Waals surface area (Å²) in [5.74, 6) is 1.30. The lowest BCUT2D eigenvalue weighted by atomic mass is 10.1. The van der Waals surface area contributed by atoms with E-state index in [4.69, 9.17) is 5.73 Å². The second-order valence-electron chi connectivity index (χ2n) is 5.26. The molecule has 0 radical (unpaired) electrons. The molecule has 1 amide bonds. The van der Waals surface area contributed by atoms with Crippen molar-refractivity contribution in [2.45, 2.75) is 39.7 Å². The molecule has 0 saturated heterocycles. The van der Waals surface area contributed by atoms with E-state index < -0.39 is 0 Å². The van der Waals surface area contributed by atoms with E-state index in [1.54, 1.807) is 4.68 Å². The molecule has 0 aromatic carbocycles. The van der Waals surface area contributed by atoms with Crippen molar-refractivity contribution in [1.82, 2.24) is 15.1 Å². The highest BCUT2D eigenvalue weighted by Crippen LogP contribution is 2.29. The number of hydrogen-bond donors (Lipinski definition) is 2. The van der Waals surface area contributed by atoms with Crippen molar-refractivity contribution in [2.24, 2.45) is 11.8 Å². The molecule has 2 atom stereocenters. The van der Waals surface area contributed by atoms with Crippen LogP contribution >= 0.6 is 0 Å². The van der Waals surface area contributed by atoms with Gasteiger partial charge in [-0.15, -0.1) is 0 Å². The summed E-state index contributed by atoms with van der Waals surface area (Å²) in [7, 11) is 0. The first kappa shape index (κ1) is 12.9. The molecule has 0 bridgehead atoms. The zero-order chi connectivity index (χ0) is 13.1. The topological polar surface area (TPSA) is 72.9 Å². The third kappa shape index (κ3) is 2.66. The van der Waals surface area contributed by atoms with E-state index in [0.29, 0.717) is 23.8 Å². The van der Waals surface area contributed by atoms with Crippen molar-refractivity contribution >= 4 is 11.6 Å². The molecule has 1 fully saturated rings. The van der Waals surface area contributed by atoms with Crippen LogP contribution in [-0.2, 0) is 6.54 Å². The number of carbonyl (C=O) groups is 1. The first-order valence-corrected chi connectivity index (χ1v) is 6.71. The summed E-state index contributed by atoms with van der Waals surface area (Å²) in [6.07, 6.45) is 5.23. The molecule has 18 heavy (non-hydrogen) atoms. The minimum absolute atomic E-state index is 0.105. The van der Waals surface area contributed by atoms with E-state index in [-0.39, 0.29) is 5.91 Å². The van der Waals surface area contributed by atoms with Gasteiger partial charge in [0.15, 0.2) is 0 Å². The van der Waals surface area contributed by atoms with Gasteiger partial charge in [-0.3, -0.25) is 9.48 Å². The Morgan fingerprint density at radius 2 is 2.39 bits per heavy atom. The molecule has 1 aliphatic rings. The second-order valence-corrected chi connectivity index (χ2v) is 5.26. The van der Waals surface area contributed by atoms with Gasteiger partial charge in [0.1, 0.15) is 5.69 Å². The zero-order valence-corrected chi connectivity index (χ0v) is 11.1. The molecule has 1 aromatic heterocycles. The summed E-state index contributed by atoms with van der Waals surface area (Å²) >= 11 is 0. The SMILES string of the molecule is CCn1ncc(N)c1C(=O)NCC1CCC(C)C1. The Hall–Kier alpha value is -1.52. The van der Waals surface area contributed by atoms with Gasteiger partial charge in [0.2, 0.25) is 0 Å². The molecule has 5 heteroatoms. The average molecular weight is 250 g/mol. The Morgan fingerprint density at radius 3 is 3.00 bits per heavy atom. The van der Waals surface area contributed by atoms with E-state index in [0.717, 1.165) is 12.5 Å². The number of anilines is 1. The van der Waals surface area contributed by atoms with Crippen molar-refractivity contribution in [3.05, 3.63) is 11.9 Å². The van der Waals surface area contributed by atoms with Gasteiger partial charge in [0.05, 0.1) is 11.9 Å². The van der Waals surface area contributed by atoms with Crippen molar-refractivity contribution in [2.75, 3.05) is 12.3 Å². The van der Waals surface area contributed by atoms with Gasteiger partial charge in [-0.2, -0.15) is 5.10 Å². The number of nitrogens with two attached hydrogens (primary N) is 1. The fraction of sp³-hybridized carbons (Fsp3) is 0.692. The summed E-state index contributed by atoms with van der Waals surface area (Å²) in [4.78, 5) is 12.1. The van der Waals surface area contributed by atoms with Crippen LogP contribution in [0.4, 0.5) is 5.69 Å². The molecule has 0 aliphatic heterocycles. The molecule has 100 valence electrons. The highest BCUT2D eigenvalue weighted by molar-refractivity contribution is 5.97. The normalized spacial score (nSPS) is 23.2. The molecule has 2 rings (SSSR count). The largest absolute Gasteiger partial charge is 0.396 e.